The number of carbonyl (C=O) groups is 1. The molecule has 0 aliphatic carbocycles. The summed E-state index contributed by atoms with van der Waals surface area (Å²) in [6, 6.07) is 7.09. The van der Waals surface area contributed by atoms with Crippen LogP contribution in [0.25, 0.3) is 10.4 Å². The van der Waals surface area contributed by atoms with E-state index in [1.165, 1.54) is 12.3 Å². The SMILES string of the molecule is [N-]=[N+]=NCc1ccc(C(=O)Nc2ccc(C(F)(F)F)cc2)nc1. The second-order valence-electron chi connectivity index (χ2n) is 4.47. The fourth-order valence-corrected chi connectivity index (χ4v) is 1.70. The molecule has 0 spiro atoms. The highest BCUT2D eigenvalue weighted by molar-refractivity contribution is 6.02. The molecular formula is C14H10F3N5O. The Bertz CT molecular complexity index is 735. The number of nitrogens with zero attached hydrogens (tertiary/aromatic N) is 4. The standard InChI is InChI=1S/C14H10F3N5O/c15-14(16,17)10-2-4-11(5-3-10)21-13(23)12-6-1-9(7-19-12)8-20-22-18/h1-7H,8H2,(H,21,23). The maximum Gasteiger partial charge on any atom is 0.416 e. The number of rotatable bonds is 4. The van der Waals surface area contributed by atoms with Gasteiger partial charge in [-0.25, -0.2) is 0 Å². The Morgan fingerprint density at radius 1 is 1.22 bits per heavy atom. The molecule has 2 rings (SSSR count). The fourth-order valence-electron chi connectivity index (χ4n) is 1.70. The lowest BCUT2D eigenvalue weighted by Gasteiger charge is -2.08. The smallest absolute Gasteiger partial charge is 0.321 e. The summed E-state index contributed by atoms with van der Waals surface area (Å²) < 4.78 is 37.3. The van der Waals surface area contributed by atoms with Crippen LogP contribution >= 0.6 is 0 Å². The third kappa shape index (κ3) is 4.45. The fraction of sp³-hybridized carbons (Fsp3) is 0.143. The lowest BCUT2D eigenvalue weighted by Crippen LogP contribution is -2.14. The minimum Gasteiger partial charge on any atom is -0.321 e. The molecule has 9 heteroatoms. The van der Waals surface area contributed by atoms with E-state index in [-0.39, 0.29) is 17.9 Å². The van der Waals surface area contributed by atoms with Crippen LogP contribution in [0, 0.1) is 0 Å². The molecule has 0 bridgehead atoms. The molecule has 0 aliphatic rings. The first kappa shape index (κ1) is 16.3. The Morgan fingerprint density at radius 2 is 1.91 bits per heavy atom. The topological polar surface area (TPSA) is 90.8 Å². The lowest BCUT2D eigenvalue weighted by atomic mass is 10.2. The molecule has 0 unspecified atom stereocenters. The monoisotopic (exact) mass is 321 g/mol. The van der Waals surface area contributed by atoms with Gasteiger partial charge in [-0.15, -0.1) is 0 Å². The Morgan fingerprint density at radius 3 is 2.43 bits per heavy atom. The predicted octanol–water partition coefficient (Wildman–Crippen LogP) is 4.16. The third-order valence-corrected chi connectivity index (χ3v) is 2.84. The van der Waals surface area contributed by atoms with E-state index in [0.717, 1.165) is 24.3 Å². The summed E-state index contributed by atoms with van der Waals surface area (Å²) in [6.07, 6.45) is -3.04. The minimum atomic E-state index is -4.42. The van der Waals surface area contributed by atoms with E-state index in [1.807, 2.05) is 0 Å². The Kier molecular flexibility index (Phi) is 4.82. The van der Waals surface area contributed by atoms with Gasteiger partial charge in [-0.1, -0.05) is 11.2 Å². The second-order valence-corrected chi connectivity index (χ2v) is 4.47. The highest BCUT2D eigenvalue weighted by atomic mass is 19.4. The van der Waals surface area contributed by atoms with Gasteiger partial charge in [-0.3, -0.25) is 9.78 Å². The van der Waals surface area contributed by atoms with Crippen LogP contribution in [0.5, 0.6) is 0 Å². The first-order chi connectivity index (χ1) is 10.9. The summed E-state index contributed by atoms with van der Waals surface area (Å²) in [4.78, 5) is 18.5. The molecule has 0 fully saturated rings. The summed E-state index contributed by atoms with van der Waals surface area (Å²) in [7, 11) is 0. The predicted molar refractivity (Wildman–Crippen MR) is 76.5 cm³/mol. The van der Waals surface area contributed by atoms with Gasteiger partial charge in [0.15, 0.2) is 0 Å². The van der Waals surface area contributed by atoms with Crippen LogP contribution in [0.15, 0.2) is 47.7 Å². The van der Waals surface area contributed by atoms with Crippen molar-refractivity contribution in [1.82, 2.24) is 4.98 Å². The van der Waals surface area contributed by atoms with Crippen molar-refractivity contribution >= 4 is 11.6 Å². The van der Waals surface area contributed by atoms with Crippen molar-refractivity contribution < 1.29 is 18.0 Å². The molecule has 0 atom stereocenters. The van der Waals surface area contributed by atoms with Crippen molar-refractivity contribution in [3.8, 4) is 0 Å². The molecular weight excluding hydrogens is 311 g/mol. The van der Waals surface area contributed by atoms with E-state index >= 15 is 0 Å². The number of benzene rings is 1. The molecule has 0 saturated carbocycles. The van der Waals surface area contributed by atoms with Gasteiger partial charge in [0.1, 0.15) is 5.69 Å². The first-order valence-electron chi connectivity index (χ1n) is 6.34. The van der Waals surface area contributed by atoms with Crippen molar-refractivity contribution in [2.75, 3.05) is 5.32 Å². The number of hydrogen-bond donors (Lipinski definition) is 1. The van der Waals surface area contributed by atoms with Gasteiger partial charge in [0.25, 0.3) is 5.91 Å². The van der Waals surface area contributed by atoms with Crippen molar-refractivity contribution in [3.05, 3.63) is 69.9 Å². The van der Waals surface area contributed by atoms with E-state index in [0.29, 0.717) is 5.56 Å². The van der Waals surface area contributed by atoms with Crippen molar-refractivity contribution in [2.45, 2.75) is 12.7 Å². The Hall–Kier alpha value is -3.06. The molecule has 2 aromatic rings. The van der Waals surface area contributed by atoms with Crippen LogP contribution in [0.4, 0.5) is 18.9 Å². The molecule has 23 heavy (non-hydrogen) atoms. The minimum absolute atomic E-state index is 0.0922. The van der Waals surface area contributed by atoms with E-state index in [2.05, 4.69) is 20.3 Å². The molecule has 1 aromatic heterocycles. The number of amides is 1. The maximum absolute atomic E-state index is 12.4. The van der Waals surface area contributed by atoms with Crippen molar-refractivity contribution in [2.24, 2.45) is 5.11 Å². The number of alkyl halides is 3. The van der Waals surface area contributed by atoms with Gasteiger partial charge < -0.3 is 5.32 Å². The molecule has 0 aliphatic heterocycles. The highest BCUT2D eigenvalue weighted by Crippen LogP contribution is 2.29. The molecule has 1 aromatic carbocycles. The number of halogens is 3. The number of carbonyl (C=O) groups excluding carboxylic acids is 1. The summed E-state index contributed by atoms with van der Waals surface area (Å²) >= 11 is 0. The Balaban J connectivity index is 2.05. The highest BCUT2D eigenvalue weighted by Gasteiger charge is 2.29. The van der Waals surface area contributed by atoms with Crippen LogP contribution in [-0.4, -0.2) is 10.9 Å². The molecule has 1 N–H and O–H groups in total. The van der Waals surface area contributed by atoms with Crippen LogP contribution < -0.4 is 5.32 Å². The van der Waals surface area contributed by atoms with Crippen LogP contribution in [0.2, 0.25) is 0 Å². The zero-order valence-corrected chi connectivity index (χ0v) is 11.6. The summed E-state index contributed by atoms with van der Waals surface area (Å²) in [5.74, 6) is -0.555. The van der Waals surface area contributed by atoms with Gasteiger partial charge >= 0.3 is 6.18 Å². The maximum atomic E-state index is 12.4. The van der Waals surface area contributed by atoms with Crippen LogP contribution in [-0.2, 0) is 12.7 Å². The molecule has 0 saturated heterocycles. The quantitative estimate of drug-likeness (QED) is 0.520. The van der Waals surface area contributed by atoms with Gasteiger partial charge in [0.2, 0.25) is 0 Å². The van der Waals surface area contributed by atoms with E-state index in [9.17, 15) is 18.0 Å². The molecule has 0 radical (unpaired) electrons. The molecule has 6 nitrogen and oxygen atoms in total. The number of pyridine rings is 1. The number of hydrogen-bond acceptors (Lipinski definition) is 3. The van der Waals surface area contributed by atoms with Gasteiger partial charge in [-0.05, 0) is 41.4 Å². The molecule has 1 amide bonds. The van der Waals surface area contributed by atoms with Crippen LogP contribution in [0.3, 0.4) is 0 Å². The van der Waals surface area contributed by atoms with Crippen molar-refractivity contribution in [1.29, 1.82) is 0 Å². The average Bonchev–Trinajstić information content (AvgIpc) is 2.53. The molecule has 118 valence electrons. The second kappa shape index (κ2) is 6.80. The third-order valence-electron chi connectivity index (χ3n) is 2.84. The number of nitrogens with one attached hydrogen (secondary N) is 1. The normalized spacial score (nSPS) is 10.7. The average molecular weight is 321 g/mol. The van der Waals surface area contributed by atoms with E-state index < -0.39 is 17.6 Å². The first-order valence-corrected chi connectivity index (χ1v) is 6.34. The van der Waals surface area contributed by atoms with Gasteiger partial charge in [0, 0.05) is 16.8 Å². The zero-order chi connectivity index (χ0) is 16.9. The number of aromatic nitrogens is 1. The summed E-state index contributed by atoms with van der Waals surface area (Å²) in [6.45, 7) is 0.115. The zero-order valence-electron chi connectivity index (χ0n) is 11.6. The van der Waals surface area contributed by atoms with E-state index in [4.69, 9.17) is 5.53 Å². The molecule has 1 heterocycles. The summed E-state index contributed by atoms with van der Waals surface area (Å²) in [5.41, 5.74) is 8.36. The van der Waals surface area contributed by atoms with Crippen LogP contribution in [0.1, 0.15) is 21.6 Å². The van der Waals surface area contributed by atoms with Gasteiger partial charge in [0.05, 0.1) is 12.1 Å². The number of anilines is 1. The number of azide groups is 1. The largest absolute Gasteiger partial charge is 0.416 e. The van der Waals surface area contributed by atoms with Gasteiger partial charge in [-0.2, -0.15) is 13.2 Å². The lowest BCUT2D eigenvalue weighted by molar-refractivity contribution is -0.137. The Labute approximate surface area is 128 Å². The summed E-state index contributed by atoms with van der Waals surface area (Å²) in [5, 5.41) is 5.81. The van der Waals surface area contributed by atoms with E-state index in [1.54, 1.807) is 6.07 Å². The van der Waals surface area contributed by atoms with Crippen molar-refractivity contribution in [3.63, 3.8) is 0 Å².